The molecule has 5 heteroatoms. The number of carbonyl (C=O) groups is 1. The lowest BCUT2D eigenvalue weighted by Crippen LogP contribution is -2.26. The second-order valence-corrected chi connectivity index (χ2v) is 4.19. The van der Waals surface area contributed by atoms with E-state index in [1.807, 2.05) is 4.90 Å². The van der Waals surface area contributed by atoms with Crippen molar-refractivity contribution < 1.29 is 14.3 Å². The molecule has 3 rings (SSSR count). The molecule has 0 fully saturated rings. The molecular formula is C13H12N2O3. The smallest absolute Gasteiger partial charge is 0.335 e. The first-order valence-corrected chi connectivity index (χ1v) is 5.78. The predicted molar refractivity (Wildman–Crippen MR) is 66.9 cm³/mol. The van der Waals surface area contributed by atoms with Crippen LogP contribution in [0.15, 0.2) is 34.8 Å². The van der Waals surface area contributed by atoms with Crippen LogP contribution in [0, 0.1) is 0 Å². The van der Waals surface area contributed by atoms with Gasteiger partial charge in [0.1, 0.15) is 5.52 Å². The highest BCUT2D eigenvalue weighted by Crippen LogP contribution is 2.24. The van der Waals surface area contributed by atoms with Gasteiger partial charge in [-0.1, -0.05) is 12.2 Å². The van der Waals surface area contributed by atoms with E-state index in [-0.39, 0.29) is 5.56 Å². The average Bonchev–Trinajstić information content (AvgIpc) is 2.82. The SMILES string of the molecule is O=C(O)c1ccc2nc(N3CC=CCC3)oc2c1. The Balaban J connectivity index is 2.00. The zero-order valence-corrected chi connectivity index (χ0v) is 9.67. The number of anilines is 1. The van der Waals surface area contributed by atoms with E-state index < -0.39 is 5.97 Å². The maximum Gasteiger partial charge on any atom is 0.335 e. The zero-order valence-electron chi connectivity index (χ0n) is 9.67. The van der Waals surface area contributed by atoms with Crippen LogP contribution >= 0.6 is 0 Å². The third-order valence-electron chi connectivity index (χ3n) is 2.95. The summed E-state index contributed by atoms with van der Waals surface area (Å²) in [6, 6.07) is 5.27. The number of rotatable bonds is 2. The number of benzene rings is 1. The van der Waals surface area contributed by atoms with E-state index in [0.717, 1.165) is 19.5 Å². The van der Waals surface area contributed by atoms with Crippen molar-refractivity contribution in [1.29, 1.82) is 0 Å². The van der Waals surface area contributed by atoms with Crippen molar-refractivity contribution in [3.05, 3.63) is 35.9 Å². The van der Waals surface area contributed by atoms with Crippen LogP contribution in [-0.2, 0) is 0 Å². The lowest BCUT2D eigenvalue weighted by atomic mass is 10.2. The standard InChI is InChI=1S/C13H12N2O3/c16-12(17)9-4-5-10-11(8-9)18-13(14-10)15-6-2-1-3-7-15/h1-2,4-5,8H,3,6-7H2,(H,16,17). The monoisotopic (exact) mass is 244 g/mol. The van der Waals surface area contributed by atoms with Gasteiger partial charge in [-0.3, -0.25) is 0 Å². The topological polar surface area (TPSA) is 66.6 Å². The summed E-state index contributed by atoms with van der Waals surface area (Å²) in [6.45, 7) is 1.65. The van der Waals surface area contributed by atoms with Crippen molar-refractivity contribution in [3.8, 4) is 0 Å². The fraction of sp³-hybridized carbons (Fsp3) is 0.231. The number of carboxylic acid groups (broad SMARTS) is 1. The molecule has 0 amide bonds. The molecule has 1 N–H and O–H groups in total. The molecule has 0 radical (unpaired) electrons. The minimum atomic E-state index is -0.962. The van der Waals surface area contributed by atoms with Crippen LogP contribution in [0.4, 0.5) is 6.01 Å². The molecule has 0 spiro atoms. The van der Waals surface area contributed by atoms with Gasteiger partial charge in [0.05, 0.1) is 5.56 Å². The first-order chi connectivity index (χ1) is 8.74. The summed E-state index contributed by atoms with van der Waals surface area (Å²) in [6.07, 6.45) is 5.17. The number of hydrogen-bond acceptors (Lipinski definition) is 4. The highest BCUT2D eigenvalue weighted by molar-refractivity contribution is 5.92. The summed E-state index contributed by atoms with van der Waals surface area (Å²) < 4.78 is 5.62. The molecule has 0 aliphatic carbocycles. The van der Waals surface area contributed by atoms with Crippen LogP contribution in [0.5, 0.6) is 0 Å². The summed E-state index contributed by atoms with van der Waals surface area (Å²) in [5, 5.41) is 8.92. The van der Waals surface area contributed by atoms with Crippen molar-refractivity contribution in [2.24, 2.45) is 0 Å². The largest absolute Gasteiger partial charge is 0.478 e. The van der Waals surface area contributed by atoms with Gasteiger partial charge < -0.3 is 14.4 Å². The number of aromatic carboxylic acids is 1. The third kappa shape index (κ3) is 1.84. The maximum absolute atomic E-state index is 10.9. The third-order valence-corrected chi connectivity index (χ3v) is 2.95. The highest BCUT2D eigenvalue weighted by atomic mass is 16.4. The van der Waals surface area contributed by atoms with Gasteiger partial charge in [-0.25, -0.2) is 4.79 Å². The number of fused-ring (bicyclic) bond motifs is 1. The van der Waals surface area contributed by atoms with E-state index in [1.165, 1.54) is 12.1 Å². The fourth-order valence-electron chi connectivity index (χ4n) is 2.00. The van der Waals surface area contributed by atoms with Crippen molar-refractivity contribution >= 4 is 23.1 Å². The second-order valence-electron chi connectivity index (χ2n) is 4.19. The normalized spacial score (nSPS) is 15.2. The van der Waals surface area contributed by atoms with Gasteiger partial charge >= 0.3 is 5.97 Å². The Morgan fingerprint density at radius 3 is 3.00 bits per heavy atom. The number of carboxylic acids is 1. The molecule has 0 atom stereocenters. The molecular weight excluding hydrogens is 232 g/mol. The minimum Gasteiger partial charge on any atom is -0.478 e. The minimum absolute atomic E-state index is 0.212. The van der Waals surface area contributed by atoms with E-state index in [1.54, 1.807) is 6.07 Å². The number of nitrogens with zero attached hydrogens (tertiary/aromatic N) is 2. The molecule has 0 saturated heterocycles. The molecule has 1 aromatic heterocycles. The molecule has 5 nitrogen and oxygen atoms in total. The molecule has 0 bridgehead atoms. The van der Waals surface area contributed by atoms with E-state index in [0.29, 0.717) is 17.1 Å². The molecule has 0 unspecified atom stereocenters. The van der Waals surface area contributed by atoms with Crippen LogP contribution in [-0.4, -0.2) is 29.1 Å². The summed E-state index contributed by atoms with van der Waals surface area (Å²) in [5.74, 6) is -0.962. The van der Waals surface area contributed by atoms with Crippen LogP contribution in [0.1, 0.15) is 16.8 Å². The molecule has 2 aromatic rings. The van der Waals surface area contributed by atoms with Gasteiger partial charge in [-0.2, -0.15) is 4.98 Å². The van der Waals surface area contributed by atoms with E-state index in [2.05, 4.69) is 17.1 Å². The Bertz CT molecular complexity index is 630. The molecule has 18 heavy (non-hydrogen) atoms. The van der Waals surface area contributed by atoms with Gasteiger partial charge in [0.2, 0.25) is 0 Å². The van der Waals surface area contributed by atoms with Gasteiger partial charge in [0, 0.05) is 13.1 Å². The van der Waals surface area contributed by atoms with Gasteiger partial charge in [-0.15, -0.1) is 0 Å². The van der Waals surface area contributed by atoms with Gasteiger partial charge in [0.25, 0.3) is 6.01 Å². The summed E-state index contributed by atoms with van der Waals surface area (Å²) in [7, 11) is 0. The quantitative estimate of drug-likeness (QED) is 0.821. The predicted octanol–water partition coefficient (Wildman–Crippen LogP) is 2.29. The Morgan fingerprint density at radius 1 is 1.39 bits per heavy atom. The Morgan fingerprint density at radius 2 is 2.28 bits per heavy atom. The van der Waals surface area contributed by atoms with Crippen molar-refractivity contribution in [1.82, 2.24) is 4.98 Å². The van der Waals surface area contributed by atoms with E-state index in [4.69, 9.17) is 9.52 Å². The maximum atomic E-state index is 10.9. The van der Waals surface area contributed by atoms with Gasteiger partial charge in [-0.05, 0) is 24.6 Å². The summed E-state index contributed by atoms with van der Waals surface area (Å²) >= 11 is 0. The second kappa shape index (κ2) is 4.18. The summed E-state index contributed by atoms with van der Waals surface area (Å²) in [4.78, 5) is 17.3. The van der Waals surface area contributed by atoms with Crippen molar-refractivity contribution in [2.75, 3.05) is 18.0 Å². The van der Waals surface area contributed by atoms with E-state index >= 15 is 0 Å². The zero-order chi connectivity index (χ0) is 12.5. The molecule has 0 saturated carbocycles. The van der Waals surface area contributed by atoms with Crippen molar-refractivity contribution in [2.45, 2.75) is 6.42 Å². The first kappa shape index (κ1) is 10.8. The number of hydrogen-bond donors (Lipinski definition) is 1. The first-order valence-electron chi connectivity index (χ1n) is 5.78. The molecule has 1 aliphatic heterocycles. The molecule has 2 heterocycles. The lowest BCUT2D eigenvalue weighted by Gasteiger charge is -2.20. The Labute approximate surface area is 103 Å². The molecule has 1 aromatic carbocycles. The van der Waals surface area contributed by atoms with Crippen molar-refractivity contribution in [3.63, 3.8) is 0 Å². The number of aromatic nitrogens is 1. The van der Waals surface area contributed by atoms with E-state index in [9.17, 15) is 4.79 Å². The fourth-order valence-corrected chi connectivity index (χ4v) is 2.00. The highest BCUT2D eigenvalue weighted by Gasteiger charge is 2.15. The molecule has 92 valence electrons. The molecule has 1 aliphatic rings. The Hall–Kier alpha value is -2.30. The van der Waals surface area contributed by atoms with Crippen LogP contribution < -0.4 is 4.90 Å². The van der Waals surface area contributed by atoms with Crippen LogP contribution in [0.25, 0.3) is 11.1 Å². The Kier molecular flexibility index (Phi) is 2.51. The van der Waals surface area contributed by atoms with Crippen LogP contribution in [0.3, 0.4) is 0 Å². The summed E-state index contributed by atoms with van der Waals surface area (Å²) in [5.41, 5.74) is 1.41. The van der Waals surface area contributed by atoms with Gasteiger partial charge in [0.15, 0.2) is 5.58 Å². The average molecular weight is 244 g/mol. The number of oxazole rings is 1. The lowest BCUT2D eigenvalue weighted by molar-refractivity contribution is 0.0697. The van der Waals surface area contributed by atoms with Crippen LogP contribution in [0.2, 0.25) is 0 Å².